The van der Waals surface area contributed by atoms with Gasteiger partial charge in [0.2, 0.25) is 0 Å². The molecule has 1 aliphatic heterocycles. The van der Waals surface area contributed by atoms with Gasteiger partial charge in [0.15, 0.2) is 0 Å². The maximum absolute atomic E-state index is 8.17. The van der Waals surface area contributed by atoms with Crippen LogP contribution in [0.5, 0.6) is 0 Å². The Morgan fingerprint density at radius 3 is 3.14 bits per heavy atom. The molecule has 0 amide bonds. The first kappa shape index (κ1) is 4.69. The fraction of sp³-hybridized carbons (Fsp3) is 0.250. The van der Waals surface area contributed by atoms with E-state index in [1.54, 1.807) is 5.41 Å². The third-order valence-electron chi connectivity index (χ3n) is 0.648. The fourth-order valence-electron chi connectivity index (χ4n) is 0.307. The molecule has 0 N–H and O–H groups in total. The molecule has 0 bridgehead atoms. The van der Waals surface area contributed by atoms with Crippen LogP contribution in [0, 0.1) is 11.3 Å². The third kappa shape index (κ3) is 0.952. The van der Waals surface area contributed by atoms with Crippen LogP contribution in [0.2, 0.25) is 0 Å². The molecular weight excluding hydrogens is 108 g/mol. The number of nitriles is 1. The van der Waals surface area contributed by atoms with Crippen LogP contribution in [-0.2, 0) is 0 Å². The van der Waals surface area contributed by atoms with Crippen molar-refractivity contribution in [2.75, 3.05) is 6.54 Å². The lowest BCUT2D eigenvalue weighted by molar-refractivity contribution is 1.10. The highest BCUT2D eigenvalue weighted by Crippen LogP contribution is 2.11. The standard InChI is InChI=1S/C4H3N2S/c5-1-4-2-6-7-3-4/h3H,2H2. The van der Waals surface area contributed by atoms with Crippen LogP contribution in [0.4, 0.5) is 0 Å². The molecule has 1 radical (unpaired) electrons. The minimum atomic E-state index is 0.598. The Kier molecular flexibility index (Phi) is 1.35. The van der Waals surface area contributed by atoms with Crippen molar-refractivity contribution < 1.29 is 0 Å². The molecule has 0 saturated heterocycles. The lowest BCUT2D eigenvalue weighted by Gasteiger charge is -1.76. The van der Waals surface area contributed by atoms with Gasteiger partial charge in [0, 0.05) is 5.41 Å². The predicted octanol–water partition coefficient (Wildman–Crippen LogP) is 0.660. The van der Waals surface area contributed by atoms with Crippen molar-refractivity contribution in [3.8, 4) is 6.07 Å². The van der Waals surface area contributed by atoms with Crippen LogP contribution in [0.25, 0.3) is 0 Å². The van der Waals surface area contributed by atoms with Gasteiger partial charge >= 0.3 is 0 Å². The summed E-state index contributed by atoms with van der Waals surface area (Å²) in [6, 6.07) is 2.01. The van der Waals surface area contributed by atoms with E-state index in [1.165, 1.54) is 11.9 Å². The van der Waals surface area contributed by atoms with E-state index in [2.05, 4.69) is 4.72 Å². The highest BCUT2D eigenvalue weighted by atomic mass is 32.2. The molecule has 0 aliphatic carbocycles. The van der Waals surface area contributed by atoms with E-state index in [9.17, 15) is 0 Å². The van der Waals surface area contributed by atoms with Crippen LogP contribution in [-0.4, -0.2) is 6.54 Å². The molecule has 1 heterocycles. The molecule has 1 aliphatic rings. The van der Waals surface area contributed by atoms with Crippen LogP contribution in [0.3, 0.4) is 0 Å². The average molecular weight is 111 g/mol. The van der Waals surface area contributed by atoms with Crippen LogP contribution < -0.4 is 4.72 Å². The summed E-state index contributed by atoms with van der Waals surface area (Å²) in [7, 11) is 0. The first-order valence-corrected chi connectivity index (χ1v) is 2.69. The van der Waals surface area contributed by atoms with Crippen molar-refractivity contribution in [1.82, 2.24) is 4.72 Å². The van der Waals surface area contributed by atoms with Crippen molar-refractivity contribution in [2.24, 2.45) is 0 Å². The molecule has 0 unspecified atom stereocenters. The number of hydrogen-bond acceptors (Lipinski definition) is 2. The van der Waals surface area contributed by atoms with E-state index in [-0.39, 0.29) is 0 Å². The van der Waals surface area contributed by atoms with E-state index < -0.39 is 0 Å². The van der Waals surface area contributed by atoms with Crippen molar-refractivity contribution in [3.05, 3.63) is 11.0 Å². The molecule has 0 aromatic rings. The second-order valence-electron chi connectivity index (χ2n) is 1.15. The monoisotopic (exact) mass is 111 g/mol. The first-order valence-electron chi connectivity index (χ1n) is 1.85. The summed E-state index contributed by atoms with van der Waals surface area (Å²) in [4.78, 5) is 0. The summed E-state index contributed by atoms with van der Waals surface area (Å²) in [6.45, 7) is 0.598. The Morgan fingerprint density at radius 2 is 2.86 bits per heavy atom. The number of nitrogens with zero attached hydrogens (tertiary/aromatic N) is 2. The molecule has 0 spiro atoms. The van der Waals surface area contributed by atoms with Crippen LogP contribution in [0.1, 0.15) is 0 Å². The Balaban J connectivity index is 2.57. The molecule has 2 nitrogen and oxygen atoms in total. The Hall–Kier alpha value is -0.460. The zero-order valence-electron chi connectivity index (χ0n) is 3.59. The second-order valence-corrected chi connectivity index (χ2v) is 1.85. The van der Waals surface area contributed by atoms with Gasteiger partial charge in [0.05, 0.1) is 18.2 Å². The van der Waals surface area contributed by atoms with Gasteiger partial charge in [-0.15, -0.1) is 0 Å². The lowest BCUT2D eigenvalue weighted by atomic mass is 10.4. The minimum Gasteiger partial charge on any atom is -0.193 e. The summed E-state index contributed by atoms with van der Waals surface area (Å²) in [5, 5.41) is 9.94. The molecule has 3 heteroatoms. The van der Waals surface area contributed by atoms with Crippen molar-refractivity contribution in [1.29, 1.82) is 5.26 Å². The van der Waals surface area contributed by atoms with Crippen molar-refractivity contribution >= 4 is 11.9 Å². The Labute approximate surface area is 46.3 Å². The Bertz CT molecular complexity index is 133. The van der Waals surface area contributed by atoms with E-state index in [0.717, 1.165) is 5.57 Å². The molecule has 35 valence electrons. The SMILES string of the molecule is N#CC1=CS[N]C1. The van der Waals surface area contributed by atoms with Gasteiger partial charge in [0.25, 0.3) is 0 Å². The predicted molar refractivity (Wildman–Crippen MR) is 28.3 cm³/mol. The van der Waals surface area contributed by atoms with E-state index >= 15 is 0 Å². The largest absolute Gasteiger partial charge is 0.193 e. The molecular formula is C4H3N2S. The van der Waals surface area contributed by atoms with Gasteiger partial charge in [0.1, 0.15) is 0 Å². The normalized spacial score (nSPS) is 18.4. The van der Waals surface area contributed by atoms with E-state index in [4.69, 9.17) is 5.26 Å². The molecule has 1 rings (SSSR count). The summed E-state index contributed by atoms with van der Waals surface area (Å²) in [5.41, 5.74) is 0.769. The van der Waals surface area contributed by atoms with E-state index in [1.807, 2.05) is 6.07 Å². The first-order chi connectivity index (χ1) is 3.43. The van der Waals surface area contributed by atoms with Gasteiger partial charge in [-0.3, -0.25) is 0 Å². The average Bonchev–Trinajstić information content (AvgIpc) is 2.14. The second kappa shape index (κ2) is 2.01. The number of rotatable bonds is 0. The van der Waals surface area contributed by atoms with Gasteiger partial charge in [-0.2, -0.15) is 9.98 Å². The van der Waals surface area contributed by atoms with Gasteiger partial charge in [-0.25, -0.2) is 0 Å². The number of hydrogen-bond donors (Lipinski definition) is 0. The Morgan fingerprint density at radius 1 is 2.00 bits per heavy atom. The summed E-state index contributed by atoms with van der Waals surface area (Å²) < 4.78 is 3.84. The van der Waals surface area contributed by atoms with Gasteiger partial charge in [-0.05, 0) is 11.9 Å². The highest BCUT2D eigenvalue weighted by molar-refractivity contribution is 8.00. The zero-order valence-corrected chi connectivity index (χ0v) is 4.40. The molecule has 7 heavy (non-hydrogen) atoms. The quantitative estimate of drug-likeness (QED) is 0.431. The topological polar surface area (TPSA) is 37.9 Å². The molecule has 0 saturated carbocycles. The van der Waals surface area contributed by atoms with Crippen molar-refractivity contribution in [2.45, 2.75) is 0 Å². The molecule has 0 fully saturated rings. The van der Waals surface area contributed by atoms with Gasteiger partial charge < -0.3 is 0 Å². The molecule has 0 aromatic carbocycles. The fourth-order valence-corrected chi connectivity index (χ4v) is 0.849. The highest BCUT2D eigenvalue weighted by Gasteiger charge is 2.01. The maximum Gasteiger partial charge on any atom is 0.0967 e. The summed E-state index contributed by atoms with van der Waals surface area (Å²) >= 11 is 1.35. The summed E-state index contributed by atoms with van der Waals surface area (Å²) in [5.74, 6) is 0. The zero-order chi connectivity index (χ0) is 5.11. The van der Waals surface area contributed by atoms with Crippen LogP contribution >= 0.6 is 11.9 Å². The maximum atomic E-state index is 8.17. The smallest absolute Gasteiger partial charge is 0.0967 e. The molecule has 0 atom stereocenters. The third-order valence-corrected chi connectivity index (χ3v) is 1.32. The summed E-state index contributed by atoms with van der Waals surface area (Å²) in [6.07, 6.45) is 0. The lowest BCUT2D eigenvalue weighted by Crippen LogP contribution is -1.89. The minimum absolute atomic E-state index is 0.598. The molecule has 0 aromatic heterocycles. The van der Waals surface area contributed by atoms with E-state index in [0.29, 0.717) is 6.54 Å². The van der Waals surface area contributed by atoms with Crippen LogP contribution in [0.15, 0.2) is 11.0 Å². The van der Waals surface area contributed by atoms with Crippen molar-refractivity contribution in [3.63, 3.8) is 0 Å². The van der Waals surface area contributed by atoms with Gasteiger partial charge in [-0.1, -0.05) is 0 Å².